The predicted octanol–water partition coefficient (Wildman–Crippen LogP) is 3.42. The molecule has 152 valence electrons. The lowest BCUT2D eigenvalue weighted by Crippen LogP contribution is -2.42. The summed E-state index contributed by atoms with van der Waals surface area (Å²) in [7, 11) is 0. The summed E-state index contributed by atoms with van der Waals surface area (Å²) in [6.07, 6.45) is 2.29. The van der Waals surface area contributed by atoms with Crippen molar-refractivity contribution in [2.75, 3.05) is 37.6 Å². The zero-order valence-electron chi connectivity index (χ0n) is 15.6. The number of benzene rings is 1. The Labute approximate surface area is 182 Å². The van der Waals surface area contributed by atoms with E-state index in [4.69, 9.17) is 16.3 Å². The summed E-state index contributed by atoms with van der Waals surface area (Å²) in [6.45, 7) is 2.20. The second kappa shape index (κ2) is 8.59. The zero-order valence-corrected chi connectivity index (χ0v) is 18.0. The monoisotopic (exact) mass is 478 g/mol. The summed E-state index contributed by atoms with van der Waals surface area (Å²) in [5.41, 5.74) is 0.744. The molecule has 2 aliphatic rings. The van der Waals surface area contributed by atoms with E-state index < -0.39 is 0 Å². The molecule has 7 nitrogen and oxygen atoms in total. The van der Waals surface area contributed by atoms with Gasteiger partial charge < -0.3 is 14.5 Å². The minimum Gasteiger partial charge on any atom is -0.472 e. The third-order valence-corrected chi connectivity index (χ3v) is 5.88. The maximum atomic E-state index is 12.7. The van der Waals surface area contributed by atoms with Gasteiger partial charge in [-0.2, -0.15) is 0 Å². The molecule has 1 unspecified atom stereocenters. The lowest BCUT2D eigenvalue weighted by molar-refractivity contribution is -0.130. The molecule has 2 fully saturated rings. The van der Waals surface area contributed by atoms with Gasteiger partial charge in [0.15, 0.2) is 0 Å². The Bertz CT molecular complexity index is 928. The van der Waals surface area contributed by atoms with E-state index in [1.165, 1.54) is 0 Å². The largest absolute Gasteiger partial charge is 0.472 e. The maximum absolute atomic E-state index is 12.7. The van der Waals surface area contributed by atoms with Crippen molar-refractivity contribution in [2.45, 2.75) is 12.5 Å². The fourth-order valence-electron chi connectivity index (χ4n) is 3.54. The molecular weight excluding hydrogens is 460 g/mol. The number of carbonyl (C=O) groups excluding carboxylic acids is 2. The van der Waals surface area contributed by atoms with Gasteiger partial charge in [-0.3, -0.25) is 9.69 Å². The molecular formula is C20H20BrClN4O3. The van der Waals surface area contributed by atoms with Crippen LogP contribution in [0.3, 0.4) is 0 Å². The fourth-order valence-corrected chi connectivity index (χ4v) is 4.08. The summed E-state index contributed by atoms with van der Waals surface area (Å²) in [5, 5.41) is 0.576. The number of anilines is 1. The first-order valence-corrected chi connectivity index (χ1v) is 10.6. The molecule has 1 atom stereocenters. The van der Waals surface area contributed by atoms with Crippen LogP contribution in [0.25, 0.3) is 0 Å². The highest BCUT2D eigenvalue weighted by molar-refractivity contribution is 9.10. The van der Waals surface area contributed by atoms with Crippen molar-refractivity contribution in [2.24, 2.45) is 0 Å². The van der Waals surface area contributed by atoms with Crippen LogP contribution in [-0.2, 0) is 4.79 Å². The first-order valence-electron chi connectivity index (χ1n) is 9.38. The first-order chi connectivity index (χ1) is 14.0. The van der Waals surface area contributed by atoms with Crippen LogP contribution in [0.5, 0.6) is 5.88 Å². The summed E-state index contributed by atoms with van der Waals surface area (Å²) >= 11 is 9.44. The molecule has 1 aromatic heterocycles. The van der Waals surface area contributed by atoms with E-state index in [9.17, 15) is 9.59 Å². The molecule has 3 amide bonds. The maximum Gasteiger partial charge on any atom is 0.325 e. The number of hydrogen-bond acceptors (Lipinski definition) is 4. The van der Waals surface area contributed by atoms with E-state index in [2.05, 4.69) is 20.9 Å². The summed E-state index contributed by atoms with van der Waals surface area (Å²) in [5.74, 6) is 0.455. The number of ether oxygens (including phenoxy) is 1. The fraction of sp³-hybridized carbons (Fsp3) is 0.350. The Morgan fingerprint density at radius 3 is 2.90 bits per heavy atom. The minimum absolute atomic E-state index is 0.0654. The highest BCUT2D eigenvalue weighted by Crippen LogP contribution is 2.26. The standard InChI is InChI=1S/C20H20BrClN4O3/c21-17-5-2-7-23-19(17)29-16-6-8-24(12-16)18(27)13-25-9-10-26(20(25)28)15-4-1-3-14(22)11-15/h1-5,7,11,16H,6,8-10,12-13H2. The third kappa shape index (κ3) is 4.48. The van der Waals surface area contributed by atoms with Crippen molar-refractivity contribution >= 4 is 45.2 Å². The van der Waals surface area contributed by atoms with Gasteiger partial charge in [0.1, 0.15) is 12.6 Å². The number of amides is 3. The Morgan fingerprint density at radius 2 is 2.10 bits per heavy atom. The molecule has 0 aliphatic carbocycles. The molecule has 1 aromatic carbocycles. The highest BCUT2D eigenvalue weighted by atomic mass is 79.9. The summed E-state index contributed by atoms with van der Waals surface area (Å²) in [4.78, 5) is 34.6. The van der Waals surface area contributed by atoms with Gasteiger partial charge in [0.25, 0.3) is 0 Å². The van der Waals surface area contributed by atoms with Crippen LogP contribution in [0.4, 0.5) is 10.5 Å². The molecule has 0 saturated carbocycles. The molecule has 2 aliphatic heterocycles. The number of likely N-dealkylation sites (tertiary alicyclic amines) is 1. The molecule has 29 heavy (non-hydrogen) atoms. The van der Waals surface area contributed by atoms with Crippen LogP contribution in [0.1, 0.15) is 6.42 Å². The number of halogens is 2. The van der Waals surface area contributed by atoms with Crippen LogP contribution in [-0.4, -0.2) is 65.5 Å². The van der Waals surface area contributed by atoms with Crippen LogP contribution >= 0.6 is 27.5 Å². The molecule has 2 aromatic rings. The first kappa shape index (κ1) is 20.0. The SMILES string of the molecule is O=C(CN1CCN(c2cccc(Cl)c2)C1=O)N1CCC(Oc2ncccc2Br)C1. The van der Waals surface area contributed by atoms with Crippen LogP contribution in [0, 0.1) is 0 Å². The molecule has 2 saturated heterocycles. The molecule has 0 bridgehead atoms. The van der Waals surface area contributed by atoms with Crippen LogP contribution in [0.15, 0.2) is 47.1 Å². The molecule has 3 heterocycles. The van der Waals surface area contributed by atoms with E-state index in [1.807, 2.05) is 24.3 Å². The number of aromatic nitrogens is 1. The van der Waals surface area contributed by atoms with Gasteiger partial charge in [0, 0.05) is 43.0 Å². The Morgan fingerprint density at radius 1 is 1.24 bits per heavy atom. The number of pyridine rings is 1. The smallest absolute Gasteiger partial charge is 0.325 e. The van der Waals surface area contributed by atoms with E-state index in [0.717, 1.165) is 16.6 Å². The molecule has 0 N–H and O–H groups in total. The lowest BCUT2D eigenvalue weighted by atomic mass is 10.3. The van der Waals surface area contributed by atoms with Crippen molar-refractivity contribution in [1.82, 2.24) is 14.8 Å². The normalized spacial score (nSPS) is 19.2. The molecule has 0 radical (unpaired) electrons. The van der Waals surface area contributed by atoms with E-state index in [1.54, 1.807) is 33.0 Å². The van der Waals surface area contributed by atoms with Gasteiger partial charge >= 0.3 is 6.03 Å². The van der Waals surface area contributed by atoms with Crippen molar-refractivity contribution in [1.29, 1.82) is 0 Å². The second-order valence-electron chi connectivity index (χ2n) is 6.99. The average Bonchev–Trinajstić information content (AvgIpc) is 3.31. The highest BCUT2D eigenvalue weighted by Gasteiger charge is 2.34. The number of carbonyl (C=O) groups is 2. The van der Waals surface area contributed by atoms with Crippen LogP contribution < -0.4 is 9.64 Å². The molecule has 9 heteroatoms. The van der Waals surface area contributed by atoms with E-state index in [-0.39, 0.29) is 24.6 Å². The average molecular weight is 480 g/mol. The van der Waals surface area contributed by atoms with E-state index in [0.29, 0.717) is 37.1 Å². The van der Waals surface area contributed by atoms with Gasteiger partial charge in [0.05, 0.1) is 11.0 Å². The quantitative estimate of drug-likeness (QED) is 0.659. The summed E-state index contributed by atoms with van der Waals surface area (Å²) < 4.78 is 6.70. The van der Waals surface area contributed by atoms with Crippen LogP contribution in [0.2, 0.25) is 5.02 Å². The Balaban J connectivity index is 1.32. The van der Waals surface area contributed by atoms with Crippen molar-refractivity contribution in [3.05, 3.63) is 52.1 Å². The van der Waals surface area contributed by atoms with Gasteiger partial charge in [-0.05, 0) is 46.3 Å². The Kier molecular flexibility index (Phi) is 5.91. The number of nitrogens with zero attached hydrogens (tertiary/aromatic N) is 4. The Hall–Kier alpha value is -2.32. The van der Waals surface area contributed by atoms with Gasteiger partial charge in [-0.1, -0.05) is 17.7 Å². The zero-order chi connectivity index (χ0) is 20.4. The summed E-state index contributed by atoms with van der Waals surface area (Å²) in [6, 6.07) is 10.7. The van der Waals surface area contributed by atoms with Crippen molar-refractivity contribution < 1.29 is 14.3 Å². The van der Waals surface area contributed by atoms with Gasteiger partial charge in [-0.15, -0.1) is 0 Å². The minimum atomic E-state index is -0.176. The van der Waals surface area contributed by atoms with Crippen molar-refractivity contribution in [3.63, 3.8) is 0 Å². The lowest BCUT2D eigenvalue weighted by Gasteiger charge is -2.22. The molecule has 4 rings (SSSR count). The van der Waals surface area contributed by atoms with Gasteiger partial charge in [0.2, 0.25) is 11.8 Å². The van der Waals surface area contributed by atoms with Crippen molar-refractivity contribution in [3.8, 4) is 5.88 Å². The number of urea groups is 1. The van der Waals surface area contributed by atoms with E-state index >= 15 is 0 Å². The molecule has 0 spiro atoms. The van der Waals surface area contributed by atoms with Gasteiger partial charge in [-0.25, -0.2) is 9.78 Å². The number of hydrogen-bond donors (Lipinski definition) is 0. The predicted molar refractivity (Wildman–Crippen MR) is 113 cm³/mol. The third-order valence-electron chi connectivity index (χ3n) is 5.04. The second-order valence-corrected chi connectivity index (χ2v) is 8.29. The topological polar surface area (TPSA) is 66.0 Å². The number of rotatable bonds is 5.